The van der Waals surface area contributed by atoms with Crippen LogP contribution in [0.1, 0.15) is 37.7 Å². The van der Waals surface area contributed by atoms with Gasteiger partial charge < -0.3 is 5.32 Å². The second-order valence-electron chi connectivity index (χ2n) is 5.31. The second-order valence-corrected chi connectivity index (χ2v) is 5.31. The van der Waals surface area contributed by atoms with Gasteiger partial charge in [0.1, 0.15) is 11.6 Å². The Morgan fingerprint density at radius 1 is 1.28 bits per heavy atom. The zero-order chi connectivity index (χ0) is 13.0. The molecule has 1 nitrogen and oxygen atoms in total. The van der Waals surface area contributed by atoms with Crippen molar-refractivity contribution >= 4 is 0 Å². The van der Waals surface area contributed by atoms with Gasteiger partial charge in [0.15, 0.2) is 0 Å². The highest BCUT2D eigenvalue weighted by Gasteiger charge is 2.20. The number of nitrogens with one attached hydrogen (secondary N) is 1. The van der Waals surface area contributed by atoms with Crippen LogP contribution < -0.4 is 5.32 Å². The van der Waals surface area contributed by atoms with Crippen LogP contribution in [0.3, 0.4) is 0 Å². The highest BCUT2D eigenvalue weighted by atomic mass is 19.1. The first kappa shape index (κ1) is 13.5. The summed E-state index contributed by atoms with van der Waals surface area (Å²) < 4.78 is 26.4. The van der Waals surface area contributed by atoms with Crippen molar-refractivity contribution in [1.82, 2.24) is 5.32 Å². The molecule has 1 unspecified atom stereocenters. The largest absolute Gasteiger partial charge is 0.317 e. The lowest BCUT2D eigenvalue weighted by Crippen LogP contribution is -2.30. The van der Waals surface area contributed by atoms with E-state index in [1.807, 2.05) is 7.05 Å². The van der Waals surface area contributed by atoms with Crippen LogP contribution in [-0.2, 0) is 6.42 Å². The maximum Gasteiger partial charge on any atom is 0.129 e. The third kappa shape index (κ3) is 3.52. The standard InChI is InChI=1S/C15H21F2N/c1-18-14(8-11-4-2-3-5-11)9-12-6-7-13(16)10-15(12)17/h6-7,10-11,14,18H,2-5,8-9H2,1H3. The number of hydrogen-bond acceptors (Lipinski definition) is 1. The Hall–Kier alpha value is -0.960. The van der Waals surface area contributed by atoms with Gasteiger partial charge in [0.2, 0.25) is 0 Å². The van der Waals surface area contributed by atoms with Gasteiger partial charge in [0.05, 0.1) is 0 Å². The van der Waals surface area contributed by atoms with Crippen LogP contribution in [0.15, 0.2) is 18.2 Å². The number of likely N-dealkylation sites (N-methyl/N-ethyl adjacent to an activating group) is 1. The minimum Gasteiger partial charge on any atom is -0.317 e. The molecule has 0 radical (unpaired) electrons. The quantitative estimate of drug-likeness (QED) is 0.844. The van der Waals surface area contributed by atoms with Crippen molar-refractivity contribution in [1.29, 1.82) is 0 Å². The Balaban J connectivity index is 1.96. The van der Waals surface area contributed by atoms with E-state index in [1.165, 1.54) is 31.7 Å². The van der Waals surface area contributed by atoms with Gasteiger partial charge in [-0.2, -0.15) is 0 Å². The molecule has 100 valence electrons. The molecule has 1 aromatic rings. The minimum absolute atomic E-state index is 0.285. The van der Waals surface area contributed by atoms with Crippen molar-refractivity contribution in [2.45, 2.75) is 44.6 Å². The van der Waals surface area contributed by atoms with Crippen LogP contribution in [0.4, 0.5) is 8.78 Å². The summed E-state index contributed by atoms with van der Waals surface area (Å²) in [6, 6.07) is 4.15. The molecule has 1 aromatic carbocycles. The van der Waals surface area contributed by atoms with E-state index in [2.05, 4.69) is 5.32 Å². The molecule has 1 N–H and O–H groups in total. The lowest BCUT2D eigenvalue weighted by atomic mass is 9.94. The highest BCUT2D eigenvalue weighted by molar-refractivity contribution is 5.19. The summed E-state index contributed by atoms with van der Waals surface area (Å²) >= 11 is 0. The molecule has 1 fully saturated rings. The number of benzene rings is 1. The van der Waals surface area contributed by atoms with Gasteiger partial charge in [-0.05, 0) is 37.4 Å². The second kappa shape index (κ2) is 6.28. The van der Waals surface area contributed by atoms with E-state index in [0.29, 0.717) is 12.0 Å². The zero-order valence-corrected chi connectivity index (χ0v) is 10.9. The van der Waals surface area contributed by atoms with Crippen LogP contribution in [0.25, 0.3) is 0 Å². The Kier molecular flexibility index (Phi) is 4.70. The molecule has 1 saturated carbocycles. The predicted molar refractivity (Wildman–Crippen MR) is 69.5 cm³/mol. The third-order valence-corrected chi connectivity index (χ3v) is 3.98. The molecular weight excluding hydrogens is 232 g/mol. The van der Waals surface area contributed by atoms with E-state index < -0.39 is 11.6 Å². The van der Waals surface area contributed by atoms with E-state index in [1.54, 1.807) is 6.07 Å². The van der Waals surface area contributed by atoms with Crippen LogP contribution >= 0.6 is 0 Å². The molecule has 2 rings (SSSR count). The molecule has 0 bridgehead atoms. The van der Waals surface area contributed by atoms with Gasteiger partial charge in [0, 0.05) is 12.1 Å². The van der Waals surface area contributed by atoms with Gasteiger partial charge in [-0.3, -0.25) is 0 Å². The van der Waals surface area contributed by atoms with Crippen molar-refractivity contribution < 1.29 is 8.78 Å². The summed E-state index contributed by atoms with van der Waals surface area (Å²) in [7, 11) is 1.92. The molecule has 1 aliphatic rings. The van der Waals surface area contributed by atoms with Crippen molar-refractivity contribution in [3.63, 3.8) is 0 Å². The van der Waals surface area contributed by atoms with Crippen molar-refractivity contribution in [3.05, 3.63) is 35.4 Å². The van der Waals surface area contributed by atoms with Gasteiger partial charge >= 0.3 is 0 Å². The molecule has 1 atom stereocenters. The molecular formula is C15H21F2N. The molecule has 0 amide bonds. The summed E-state index contributed by atoms with van der Waals surface area (Å²) in [5.74, 6) is -0.166. The Labute approximate surface area is 108 Å². The van der Waals surface area contributed by atoms with Crippen molar-refractivity contribution in [2.75, 3.05) is 7.05 Å². The Morgan fingerprint density at radius 2 is 2.00 bits per heavy atom. The molecule has 0 saturated heterocycles. The fourth-order valence-electron chi connectivity index (χ4n) is 2.90. The smallest absolute Gasteiger partial charge is 0.129 e. The van der Waals surface area contributed by atoms with E-state index in [0.717, 1.165) is 18.4 Å². The van der Waals surface area contributed by atoms with E-state index in [4.69, 9.17) is 0 Å². The third-order valence-electron chi connectivity index (χ3n) is 3.98. The number of hydrogen-bond donors (Lipinski definition) is 1. The topological polar surface area (TPSA) is 12.0 Å². The van der Waals surface area contributed by atoms with Crippen LogP contribution in [0, 0.1) is 17.6 Å². The van der Waals surface area contributed by atoms with Gasteiger partial charge in [0.25, 0.3) is 0 Å². The summed E-state index contributed by atoms with van der Waals surface area (Å²) in [5, 5.41) is 3.26. The van der Waals surface area contributed by atoms with Crippen LogP contribution in [0.5, 0.6) is 0 Å². The lowest BCUT2D eigenvalue weighted by molar-refractivity contribution is 0.398. The SMILES string of the molecule is CNC(Cc1ccc(F)cc1F)CC1CCCC1. The fourth-order valence-corrected chi connectivity index (χ4v) is 2.90. The maximum atomic E-state index is 13.6. The molecule has 1 aliphatic carbocycles. The average molecular weight is 253 g/mol. The van der Waals surface area contributed by atoms with E-state index in [9.17, 15) is 8.78 Å². The summed E-state index contributed by atoms with van der Waals surface area (Å²) in [5.41, 5.74) is 0.605. The normalized spacial score (nSPS) is 18.2. The molecule has 0 aliphatic heterocycles. The van der Waals surface area contributed by atoms with Crippen LogP contribution in [0.2, 0.25) is 0 Å². The summed E-state index contributed by atoms with van der Waals surface area (Å²) in [4.78, 5) is 0. The number of rotatable bonds is 5. The zero-order valence-electron chi connectivity index (χ0n) is 10.9. The number of halogens is 2. The monoisotopic (exact) mass is 253 g/mol. The minimum atomic E-state index is -0.506. The molecule has 0 aromatic heterocycles. The lowest BCUT2D eigenvalue weighted by Gasteiger charge is -2.20. The average Bonchev–Trinajstić information content (AvgIpc) is 2.84. The first-order valence-corrected chi connectivity index (χ1v) is 6.80. The maximum absolute atomic E-state index is 13.6. The van der Waals surface area contributed by atoms with Crippen molar-refractivity contribution in [2.24, 2.45) is 5.92 Å². The fraction of sp³-hybridized carbons (Fsp3) is 0.600. The first-order valence-electron chi connectivity index (χ1n) is 6.80. The summed E-state index contributed by atoms with van der Waals surface area (Å²) in [6.07, 6.45) is 6.97. The van der Waals surface area contributed by atoms with Crippen molar-refractivity contribution in [3.8, 4) is 0 Å². The van der Waals surface area contributed by atoms with Gasteiger partial charge in [-0.15, -0.1) is 0 Å². The Bertz CT molecular complexity index is 386. The van der Waals surface area contributed by atoms with E-state index >= 15 is 0 Å². The van der Waals surface area contributed by atoms with Crippen LogP contribution in [-0.4, -0.2) is 13.1 Å². The van der Waals surface area contributed by atoms with Gasteiger partial charge in [-0.25, -0.2) is 8.78 Å². The summed E-state index contributed by atoms with van der Waals surface area (Å²) in [6.45, 7) is 0. The first-order chi connectivity index (χ1) is 8.69. The Morgan fingerprint density at radius 3 is 2.61 bits per heavy atom. The molecule has 18 heavy (non-hydrogen) atoms. The molecule has 0 heterocycles. The van der Waals surface area contributed by atoms with E-state index in [-0.39, 0.29) is 6.04 Å². The highest BCUT2D eigenvalue weighted by Crippen LogP contribution is 2.29. The van der Waals surface area contributed by atoms with Gasteiger partial charge in [-0.1, -0.05) is 31.7 Å². The predicted octanol–water partition coefficient (Wildman–Crippen LogP) is 3.68. The molecule has 3 heteroatoms. The molecule has 0 spiro atoms.